The molecule has 2 rings (SSSR count). The number of ether oxygens (including phenoxy) is 1. The van der Waals surface area contributed by atoms with Crippen LogP contribution in [0.15, 0.2) is 48.5 Å². The Morgan fingerprint density at radius 1 is 0.750 bits per heavy atom. The third-order valence-electron chi connectivity index (χ3n) is 5.51. The molecule has 0 aromatic heterocycles. The van der Waals surface area contributed by atoms with Crippen LogP contribution in [0.4, 0.5) is 0 Å². The molecule has 0 spiro atoms. The molecular formula is C27H38N2O3. The Kier molecular flexibility index (Phi) is 12.2. The van der Waals surface area contributed by atoms with E-state index >= 15 is 0 Å². The minimum Gasteiger partial charge on any atom is -0.372 e. The quantitative estimate of drug-likeness (QED) is 0.411. The van der Waals surface area contributed by atoms with Gasteiger partial charge in [0.25, 0.3) is 0 Å². The fourth-order valence-corrected chi connectivity index (χ4v) is 3.48. The summed E-state index contributed by atoms with van der Waals surface area (Å²) >= 11 is 0. The zero-order valence-corrected chi connectivity index (χ0v) is 19.6. The van der Waals surface area contributed by atoms with E-state index in [4.69, 9.17) is 4.74 Å². The van der Waals surface area contributed by atoms with Gasteiger partial charge in [0.05, 0.1) is 0 Å². The number of aryl methyl sites for hydroxylation is 3. The van der Waals surface area contributed by atoms with Gasteiger partial charge in [-0.3, -0.25) is 9.59 Å². The number of unbranched alkanes of at least 4 members (excludes halogenated alkanes) is 2. The van der Waals surface area contributed by atoms with Gasteiger partial charge in [0.15, 0.2) is 0 Å². The molecule has 0 unspecified atom stereocenters. The number of carbonyl (C=O) groups is 2. The summed E-state index contributed by atoms with van der Waals surface area (Å²) < 4.78 is 5.50. The largest absolute Gasteiger partial charge is 0.372 e. The van der Waals surface area contributed by atoms with Crippen LogP contribution in [0.1, 0.15) is 54.4 Å². The highest BCUT2D eigenvalue weighted by molar-refractivity contribution is 5.77. The van der Waals surface area contributed by atoms with Crippen LogP contribution in [-0.4, -0.2) is 38.6 Å². The molecule has 32 heavy (non-hydrogen) atoms. The lowest BCUT2D eigenvalue weighted by molar-refractivity contribution is -0.125. The van der Waals surface area contributed by atoms with Gasteiger partial charge in [-0.1, -0.05) is 60.5 Å². The van der Waals surface area contributed by atoms with Gasteiger partial charge < -0.3 is 15.4 Å². The van der Waals surface area contributed by atoms with Crippen LogP contribution in [0.5, 0.6) is 0 Å². The lowest BCUT2D eigenvalue weighted by atomic mass is 10.0. The van der Waals surface area contributed by atoms with Crippen LogP contribution >= 0.6 is 0 Å². The molecule has 174 valence electrons. The summed E-state index contributed by atoms with van der Waals surface area (Å²) in [4.78, 5) is 23.1. The number of benzene rings is 2. The molecule has 0 atom stereocenters. The molecule has 5 nitrogen and oxygen atoms in total. The summed E-state index contributed by atoms with van der Waals surface area (Å²) in [5.41, 5.74) is 5.10. The normalized spacial score (nSPS) is 10.7. The molecule has 0 bridgehead atoms. The van der Waals surface area contributed by atoms with E-state index in [2.05, 4.69) is 66.1 Å². The third kappa shape index (κ3) is 11.1. The van der Waals surface area contributed by atoms with Crippen LogP contribution in [0, 0.1) is 6.92 Å². The van der Waals surface area contributed by atoms with Crippen molar-refractivity contribution in [3.05, 3.63) is 70.8 Å². The van der Waals surface area contributed by atoms with E-state index in [1.54, 1.807) is 7.05 Å². The molecule has 5 heteroatoms. The molecule has 2 amide bonds. The van der Waals surface area contributed by atoms with Gasteiger partial charge in [-0.25, -0.2) is 0 Å². The van der Waals surface area contributed by atoms with Crippen LogP contribution < -0.4 is 10.6 Å². The van der Waals surface area contributed by atoms with Crippen molar-refractivity contribution in [2.75, 3.05) is 26.8 Å². The lowest BCUT2D eigenvalue weighted by Gasteiger charge is -2.08. The molecule has 0 radical (unpaired) electrons. The summed E-state index contributed by atoms with van der Waals surface area (Å²) in [6.07, 6.45) is 7.43. The fraction of sp³-hybridized carbons (Fsp3) is 0.481. The average Bonchev–Trinajstić information content (AvgIpc) is 2.80. The SMILES string of the molecule is CNC(=O)CCCCCc1ccc(CCNC(=O)COCCCc2ccc(C)cc2)cc1. The second kappa shape index (κ2) is 15.2. The number of hydrogen-bond acceptors (Lipinski definition) is 3. The van der Waals surface area contributed by atoms with Crippen molar-refractivity contribution in [2.45, 2.75) is 58.3 Å². The maximum atomic E-state index is 11.9. The highest BCUT2D eigenvalue weighted by Gasteiger charge is 2.03. The molecule has 0 aliphatic heterocycles. The summed E-state index contributed by atoms with van der Waals surface area (Å²) in [6.45, 7) is 3.41. The van der Waals surface area contributed by atoms with E-state index in [9.17, 15) is 9.59 Å². The van der Waals surface area contributed by atoms with Gasteiger partial charge in [-0.15, -0.1) is 0 Å². The van der Waals surface area contributed by atoms with Gasteiger partial charge >= 0.3 is 0 Å². The Morgan fingerprint density at radius 2 is 1.34 bits per heavy atom. The van der Waals surface area contributed by atoms with Crippen molar-refractivity contribution in [3.63, 3.8) is 0 Å². The first-order chi connectivity index (χ1) is 15.6. The lowest BCUT2D eigenvalue weighted by Crippen LogP contribution is -2.29. The third-order valence-corrected chi connectivity index (χ3v) is 5.51. The van der Waals surface area contributed by atoms with E-state index in [1.807, 2.05) is 0 Å². The first-order valence-electron chi connectivity index (χ1n) is 11.7. The molecule has 0 heterocycles. The van der Waals surface area contributed by atoms with Crippen LogP contribution in [0.3, 0.4) is 0 Å². The Bertz CT molecular complexity index is 801. The van der Waals surface area contributed by atoms with Crippen LogP contribution in [0.2, 0.25) is 0 Å². The zero-order valence-electron chi connectivity index (χ0n) is 19.6. The first kappa shape index (κ1) is 25.6. The van der Waals surface area contributed by atoms with Crippen LogP contribution in [0.25, 0.3) is 0 Å². The van der Waals surface area contributed by atoms with Crippen molar-refractivity contribution in [3.8, 4) is 0 Å². The topological polar surface area (TPSA) is 67.4 Å². The number of carbonyl (C=O) groups excluding carboxylic acids is 2. The Morgan fingerprint density at radius 3 is 2.00 bits per heavy atom. The molecule has 0 fully saturated rings. The molecule has 0 aliphatic rings. The van der Waals surface area contributed by atoms with Gasteiger partial charge in [0.1, 0.15) is 6.61 Å². The van der Waals surface area contributed by atoms with Crippen molar-refractivity contribution in [1.29, 1.82) is 0 Å². The molecular weight excluding hydrogens is 400 g/mol. The highest BCUT2D eigenvalue weighted by Crippen LogP contribution is 2.10. The Labute approximate surface area is 192 Å². The molecule has 2 aromatic rings. The number of amides is 2. The maximum absolute atomic E-state index is 11.9. The molecule has 2 N–H and O–H groups in total. The highest BCUT2D eigenvalue weighted by atomic mass is 16.5. The summed E-state index contributed by atoms with van der Waals surface area (Å²) in [5, 5.41) is 5.58. The van der Waals surface area contributed by atoms with Gasteiger partial charge in [0.2, 0.25) is 11.8 Å². The molecule has 0 aliphatic carbocycles. The standard InChI is InChI=1S/C27H38N2O3/c1-22-10-12-24(13-11-22)8-6-20-32-21-27(31)29-19-18-25-16-14-23(15-17-25)7-4-3-5-9-26(30)28-2/h10-17H,3-9,18-21H2,1-2H3,(H,28,30)(H,29,31). The van der Waals surface area contributed by atoms with Gasteiger partial charge in [0, 0.05) is 26.6 Å². The number of rotatable bonds is 15. The first-order valence-corrected chi connectivity index (χ1v) is 11.7. The summed E-state index contributed by atoms with van der Waals surface area (Å²) in [6, 6.07) is 17.1. The van der Waals surface area contributed by atoms with Crippen LogP contribution in [-0.2, 0) is 33.6 Å². The monoisotopic (exact) mass is 438 g/mol. The minimum atomic E-state index is -0.0614. The van der Waals surface area contributed by atoms with E-state index in [-0.39, 0.29) is 18.4 Å². The van der Waals surface area contributed by atoms with E-state index < -0.39 is 0 Å². The summed E-state index contributed by atoms with van der Waals surface area (Å²) in [5.74, 6) is 0.0554. The summed E-state index contributed by atoms with van der Waals surface area (Å²) in [7, 11) is 1.68. The fourth-order valence-electron chi connectivity index (χ4n) is 3.48. The second-order valence-electron chi connectivity index (χ2n) is 8.29. The predicted molar refractivity (Wildman–Crippen MR) is 130 cm³/mol. The Balaban J connectivity index is 1.50. The smallest absolute Gasteiger partial charge is 0.246 e. The van der Waals surface area contributed by atoms with Crippen molar-refractivity contribution < 1.29 is 14.3 Å². The van der Waals surface area contributed by atoms with Gasteiger partial charge in [-0.05, 0) is 62.1 Å². The Hall–Kier alpha value is -2.66. The number of nitrogens with one attached hydrogen (secondary N) is 2. The molecule has 0 saturated heterocycles. The molecule has 0 saturated carbocycles. The van der Waals surface area contributed by atoms with Gasteiger partial charge in [-0.2, -0.15) is 0 Å². The van der Waals surface area contributed by atoms with Crippen molar-refractivity contribution >= 4 is 11.8 Å². The average molecular weight is 439 g/mol. The van der Waals surface area contributed by atoms with E-state index in [0.29, 0.717) is 19.6 Å². The van der Waals surface area contributed by atoms with E-state index in [1.165, 1.54) is 22.3 Å². The zero-order chi connectivity index (χ0) is 23.0. The second-order valence-corrected chi connectivity index (χ2v) is 8.29. The molecule has 2 aromatic carbocycles. The van der Waals surface area contributed by atoms with Crippen molar-refractivity contribution in [2.24, 2.45) is 0 Å². The number of hydrogen-bond donors (Lipinski definition) is 2. The maximum Gasteiger partial charge on any atom is 0.246 e. The van der Waals surface area contributed by atoms with E-state index in [0.717, 1.165) is 44.9 Å². The predicted octanol–water partition coefficient (Wildman–Crippen LogP) is 4.15. The minimum absolute atomic E-state index is 0.0614. The van der Waals surface area contributed by atoms with Crippen molar-refractivity contribution in [1.82, 2.24) is 10.6 Å².